The van der Waals surface area contributed by atoms with Crippen LogP contribution in [0.2, 0.25) is 0 Å². The quantitative estimate of drug-likeness (QED) is 0.649. The molecular weight excluding hydrogens is 194 g/mol. The minimum Gasteiger partial charge on any atom is -0.394 e. The SMILES string of the molecule is Cc1c(S(N)(=O)=O)cnn1CCO. The highest BCUT2D eigenvalue weighted by Crippen LogP contribution is 2.11. The van der Waals surface area contributed by atoms with Crippen LogP contribution in [0.5, 0.6) is 0 Å². The van der Waals surface area contributed by atoms with Gasteiger partial charge in [0.05, 0.1) is 25.0 Å². The molecule has 0 aliphatic heterocycles. The van der Waals surface area contributed by atoms with E-state index in [-0.39, 0.29) is 18.0 Å². The molecule has 0 saturated carbocycles. The maximum absolute atomic E-state index is 10.9. The van der Waals surface area contributed by atoms with Crippen molar-refractivity contribution >= 4 is 10.0 Å². The second-order valence-corrected chi connectivity index (χ2v) is 4.12. The summed E-state index contributed by atoms with van der Waals surface area (Å²) in [6, 6.07) is 0. The highest BCUT2D eigenvalue weighted by atomic mass is 32.2. The second kappa shape index (κ2) is 3.44. The zero-order chi connectivity index (χ0) is 10.1. The first-order valence-electron chi connectivity index (χ1n) is 3.63. The maximum Gasteiger partial charge on any atom is 0.241 e. The summed E-state index contributed by atoms with van der Waals surface area (Å²) in [6.07, 6.45) is 1.18. The van der Waals surface area contributed by atoms with Gasteiger partial charge in [-0.1, -0.05) is 0 Å². The van der Waals surface area contributed by atoms with Gasteiger partial charge in [-0.05, 0) is 6.92 Å². The maximum atomic E-state index is 10.9. The monoisotopic (exact) mass is 205 g/mol. The number of aliphatic hydroxyl groups is 1. The number of hydrogen-bond donors (Lipinski definition) is 2. The number of nitrogens with zero attached hydrogens (tertiary/aromatic N) is 2. The molecule has 1 heterocycles. The minimum absolute atomic E-state index is 0.000880. The van der Waals surface area contributed by atoms with Gasteiger partial charge in [-0.25, -0.2) is 13.6 Å². The average Bonchev–Trinajstić information content (AvgIpc) is 2.32. The van der Waals surface area contributed by atoms with Crippen LogP contribution in [0.15, 0.2) is 11.1 Å². The predicted molar refractivity (Wildman–Crippen MR) is 45.4 cm³/mol. The van der Waals surface area contributed by atoms with Gasteiger partial charge in [0.15, 0.2) is 0 Å². The van der Waals surface area contributed by atoms with E-state index in [2.05, 4.69) is 5.10 Å². The van der Waals surface area contributed by atoms with Gasteiger partial charge >= 0.3 is 0 Å². The molecule has 7 heteroatoms. The molecule has 0 bridgehead atoms. The van der Waals surface area contributed by atoms with Gasteiger partial charge in [0.1, 0.15) is 4.90 Å². The van der Waals surface area contributed by atoms with Gasteiger partial charge in [0.25, 0.3) is 0 Å². The number of rotatable bonds is 3. The third-order valence-corrected chi connectivity index (χ3v) is 2.69. The van der Waals surface area contributed by atoms with Gasteiger partial charge in [-0.2, -0.15) is 5.10 Å². The van der Waals surface area contributed by atoms with E-state index in [0.29, 0.717) is 5.69 Å². The highest BCUT2D eigenvalue weighted by Gasteiger charge is 2.15. The first-order chi connectivity index (χ1) is 5.96. The van der Waals surface area contributed by atoms with E-state index < -0.39 is 10.0 Å². The van der Waals surface area contributed by atoms with E-state index in [0.717, 1.165) is 0 Å². The Morgan fingerprint density at radius 2 is 2.31 bits per heavy atom. The van der Waals surface area contributed by atoms with E-state index in [1.807, 2.05) is 0 Å². The number of primary sulfonamides is 1. The minimum atomic E-state index is -3.70. The van der Waals surface area contributed by atoms with Gasteiger partial charge in [0.2, 0.25) is 10.0 Å². The third kappa shape index (κ3) is 2.06. The zero-order valence-corrected chi connectivity index (χ0v) is 7.95. The molecule has 3 N–H and O–H groups in total. The van der Waals surface area contributed by atoms with Crippen molar-refractivity contribution in [3.05, 3.63) is 11.9 Å². The molecule has 1 aromatic rings. The van der Waals surface area contributed by atoms with E-state index in [1.165, 1.54) is 10.9 Å². The number of sulfonamides is 1. The molecule has 0 aromatic carbocycles. The van der Waals surface area contributed by atoms with Gasteiger partial charge in [-0.15, -0.1) is 0 Å². The Bertz CT molecular complexity index is 395. The molecule has 0 atom stereocenters. The van der Waals surface area contributed by atoms with E-state index >= 15 is 0 Å². The fourth-order valence-corrected chi connectivity index (χ4v) is 1.74. The Morgan fingerprint density at radius 3 is 2.69 bits per heavy atom. The summed E-state index contributed by atoms with van der Waals surface area (Å²) in [5, 5.41) is 17.3. The molecule has 0 fully saturated rings. The molecule has 6 nitrogen and oxygen atoms in total. The highest BCUT2D eigenvalue weighted by molar-refractivity contribution is 7.89. The fourth-order valence-electron chi connectivity index (χ4n) is 1.03. The van der Waals surface area contributed by atoms with Crippen LogP contribution in [-0.2, 0) is 16.6 Å². The lowest BCUT2D eigenvalue weighted by Crippen LogP contribution is -2.14. The molecule has 13 heavy (non-hydrogen) atoms. The Labute approximate surface area is 76.0 Å². The lowest BCUT2D eigenvalue weighted by Gasteiger charge is -2.01. The number of hydrogen-bond acceptors (Lipinski definition) is 4. The molecule has 0 spiro atoms. The van der Waals surface area contributed by atoms with Crippen LogP contribution in [0.3, 0.4) is 0 Å². The molecule has 0 aliphatic carbocycles. The van der Waals surface area contributed by atoms with Crippen LogP contribution in [0.4, 0.5) is 0 Å². The molecular formula is C6H11N3O3S. The molecule has 74 valence electrons. The normalized spacial score (nSPS) is 11.9. The Morgan fingerprint density at radius 1 is 1.69 bits per heavy atom. The third-order valence-electron chi connectivity index (χ3n) is 1.68. The van der Waals surface area contributed by atoms with Gasteiger partial charge in [-0.3, -0.25) is 4.68 Å². The lowest BCUT2D eigenvalue weighted by molar-refractivity contribution is 0.268. The summed E-state index contributed by atoms with van der Waals surface area (Å²) in [5.41, 5.74) is 0.441. The molecule has 0 radical (unpaired) electrons. The van der Waals surface area contributed by atoms with Crippen molar-refractivity contribution < 1.29 is 13.5 Å². The van der Waals surface area contributed by atoms with Crippen LogP contribution >= 0.6 is 0 Å². The predicted octanol–water partition coefficient (Wildman–Crippen LogP) is -1.17. The lowest BCUT2D eigenvalue weighted by atomic mass is 10.5. The Kier molecular flexibility index (Phi) is 2.69. The van der Waals surface area contributed by atoms with Crippen molar-refractivity contribution in [2.75, 3.05) is 6.61 Å². The first-order valence-corrected chi connectivity index (χ1v) is 5.17. The first kappa shape index (κ1) is 10.2. The topological polar surface area (TPSA) is 98.2 Å². The summed E-state index contributed by atoms with van der Waals surface area (Å²) in [4.78, 5) is 0.000880. The standard InChI is InChI=1S/C6H11N3O3S/c1-5-6(13(7,11)12)4-8-9(5)2-3-10/h4,10H,2-3H2,1H3,(H2,7,11,12). The zero-order valence-electron chi connectivity index (χ0n) is 7.14. The molecule has 0 saturated heterocycles. The Hall–Kier alpha value is -0.920. The van der Waals surface area contributed by atoms with Crippen LogP contribution in [-0.4, -0.2) is 29.9 Å². The second-order valence-electron chi connectivity index (χ2n) is 2.59. The summed E-state index contributed by atoms with van der Waals surface area (Å²) in [5.74, 6) is 0. The van der Waals surface area contributed by atoms with Gasteiger partial charge in [0, 0.05) is 0 Å². The fraction of sp³-hybridized carbons (Fsp3) is 0.500. The molecule has 0 aliphatic rings. The summed E-state index contributed by atoms with van der Waals surface area (Å²) in [7, 11) is -3.70. The van der Waals surface area contributed by atoms with Crippen LogP contribution in [0, 0.1) is 6.92 Å². The van der Waals surface area contributed by atoms with Crippen LogP contribution in [0.1, 0.15) is 5.69 Å². The van der Waals surface area contributed by atoms with Gasteiger partial charge < -0.3 is 5.11 Å². The number of aliphatic hydroxyl groups excluding tert-OH is 1. The molecule has 1 rings (SSSR count). The molecule has 1 aromatic heterocycles. The van der Waals surface area contributed by atoms with Crippen molar-refractivity contribution in [2.24, 2.45) is 5.14 Å². The van der Waals surface area contributed by atoms with E-state index in [4.69, 9.17) is 10.2 Å². The van der Waals surface area contributed by atoms with Crippen molar-refractivity contribution in [3.8, 4) is 0 Å². The van der Waals surface area contributed by atoms with E-state index in [1.54, 1.807) is 6.92 Å². The van der Waals surface area contributed by atoms with E-state index in [9.17, 15) is 8.42 Å². The van der Waals surface area contributed by atoms with Crippen LogP contribution < -0.4 is 5.14 Å². The molecule has 0 amide bonds. The number of aromatic nitrogens is 2. The molecule has 0 unspecified atom stereocenters. The van der Waals surface area contributed by atoms with Crippen molar-refractivity contribution in [2.45, 2.75) is 18.4 Å². The van der Waals surface area contributed by atoms with Crippen molar-refractivity contribution in [1.82, 2.24) is 9.78 Å². The number of nitrogens with two attached hydrogens (primary N) is 1. The van der Waals surface area contributed by atoms with Crippen molar-refractivity contribution in [1.29, 1.82) is 0 Å². The van der Waals surface area contributed by atoms with Crippen molar-refractivity contribution in [3.63, 3.8) is 0 Å². The summed E-state index contributed by atoms with van der Waals surface area (Å²) < 4.78 is 23.3. The average molecular weight is 205 g/mol. The largest absolute Gasteiger partial charge is 0.394 e. The summed E-state index contributed by atoms with van der Waals surface area (Å²) in [6.45, 7) is 1.76. The Balaban J connectivity index is 3.14. The van der Waals surface area contributed by atoms with Crippen LogP contribution in [0.25, 0.3) is 0 Å². The summed E-state index contributed by atoms with van der Waals surface area (Å²) >= 11 is 0. The smallest absolute Gasteiger partial charge is 0.241 e.